The van der Waals surface area contributed by atoms with Gasteiger partial charge in [-0.1, -0.05) is 24.3 Å². The molecule has 1 aliphatic heterocycles. The molecule has 2 amide bonds. The van der Waals surface area contributed by atoms with Crippen molar-refractivity contribution in [2.75, 3.05) is 43.0 Å². The minimum atomic E-state index is -0.432. The van der Waals surface area contributed by atoms with Crippen LogP contribution in [0.15, 0.2) is 42.5 Å². The summed E-state index contributed by atoms with van der Waals surface area (Å²) in [5.41, 5.74) is 4.55. The number of amides is 2. The highest BCUT2D eigenvalue weighted by Gasteiger charge is 2.23. The number of hydrogen-bond acceptors (Lipinski definition) is 4. The number of carbonyl (C=O) groups is 2. The van der Waals surface area contributed by atoms with Crippen LogP contribution in [0.25, 0.3) is 0 Å². The maximum Gasteiger partial charge on any atom is 0.340 e. The number of aryl methyl sites for hydroxylation is 2. The van der Waals surface area contributed by atoms with Crippen LogP contribution in [0.4, 0.5) is 16.2 Å². The van der Waals surface area contributed by atoms with Gasteiger partial charge in [-0.3, -0.25) is 0 Å². The second-order valence-corrected chi connectivity index (χ2v) is 6.96. The Balaban J connectivity index is 1.63. The number of esters is 1. The number of para-hydroxylation sites is 1. The molecule has 0 atom stereocenters. The predicted octanol–water partition coefficient (Wildman–Crippen LogP) is 3.83. The van der Waals surface area contributed by atoms with E-state index < -0.39 is 5.97 Å². The van der Waals surface area contributed by atoms with Crippen molar-refractivity contribution in [2.45, 2.75) is 20.8 Å². The molecule has 0 aliphatic carbocycles. The quantitative estimate of drug-likeness (QED) is 0.818. The lowest BCUT2D eigenvalue weighted by molar-refractivity contribution is 0.0527. The minimum absolute atomic E-state index is 0.197. The maximum absolute atomic E-state index is 12.7. The fourth-order valence-electron chi connectivity index (χ4n) is 3.38. The van der Waals surface area contributed by atoms with Gasteiger partial charge in [0.05, 0.1) is 17.9 Å². The van der Waals surface area contributed by atoms with Gasteiger partial charge in [-0.2, -0.15) is 0 Å². The molecule has 0 unspecified atom stereocenters. The molecule has 6 nitrogen and oxygen atoms in total. The summed E-state index contributed by atoms with van der Waals surface area (Å²) in [5.74, 6) is -0.432. The van der Waals surface area contributed by atoms with E-state index >= 15 is 0 Å². The summed E-state index contributed by atoms with van der Waals surface area (Å²) in [5, 5.41) is 2.86. The average Bonchev–Trinajstić information content (AvgIpc) is 2.70. The zero-order chi connectivity index (χ0) is 20.1. The number of nitrogens with one attached hydrogen (secondary N) is 1. The lowest BCUT2D eigenvalue weighted by atomic mass is 10.1. The van der Waals surface area contributed by atoms with E-state index in [-0.39, 0.29) is 6.03 Å². The molecule has 2 aromatic rings. The van der Waals surface area contributed by atoms with Crippen molar-refractivity contribution >= 4 is 23.4 Å². The molecule has 1 aliphatic rings. The molecule has 0 aromatic heterocycles. The third-order valence-corrected chi connectivity index (χ3v) is 4.94. The normalized spacial score (nSPS) is 14.0. The first-order chi connectivity index (χ1) is 13.5. The van der Waals surface area contributed by atoms with Gasteiger partial charge in [0.1, 0.15) is 0 Å². The van der Waals surface area contributed by atoms with Gasteiger partial charge in [-0.25, -0.2) is 9.59 Å². The van der Waals surface area contributed by atoms with E-state index in [4.69, 9.17) is 4.74 Å². The number of anilines is 2. The largest absolute Gasteiger partial charge is 0.462 e. The molecule has 2 aromatic carbocycles. The van der Waals surface area contributed by atoms with Crippen LogP contribution in [0.5, 0.6) is 0 Å². The van der Waals surface area contributed by atoms with Crippen molar-refractivity contribution in [1.82, 2.24) is 4.90 Å². The molecule has 6 heteroatoms. The Morgan fingerprint density at radius 2 is 1.75 bits per heavy atom. The molecular formula is C22H27N3O3. The summed E-state index contributed by atoms with van der Waals surface area (Å²) in [4.78, 5) is 28.9. The van der Waals surface area contributed by atoms with Crippen molar-refractivity contribution in [2.24, 2.45) is 0 Å². The lowest BCUT2D eigenvalue weighted by Gasteiger charge is -2.37. The number of hydrogen-bond donors (Lipinski definition) is 1. The highest BCUT2D eigenvalue weighted by Crippen LogP contribution is 2.23. The number of urea groups is 1. The number of nitrogens with zero attached hydrogens (tertiary/aromatic N) is 2. The van der Waals surface area contributed by atoms with Crippen LogP contribution in [-0.2, 0) is 4.74 Å². The third-order valence-electron chi connectivity index (χ3n) is 4.94. The van der Waals surface area contributed by atoms with Gasteiger partial charge in [0.25, 0.3) is 0 Å². The van der Waals surface area contributed by atoms with Gasteiger partial charge in [0.15, 0.2) is 0 Å². The summed E-state index contributed by atoms with van der Waals surface area (Å²) in [6.07, 6.45) is 0. The van der Waals surface area contributed by atoms with E-state index in [0.717, 1.165) is 13.1 Å². The average molecular weight is 381 g/mol. The molecule has 148 valence electrons. The first kappa shape index (κ1) is 19.7. The Hall–Kier alpha value is -3.02. The van der Waals surface area contributed by atoms with Crippen LogP contribution < -0.4 is 10.2 Å². The van der Waals surface area contributed by atoms with Crippen LogP contribution in [0, 0.1) is 13.8 Å². The molecule has 0 spiro atoms. The Bertz CT molecular complexity index is 858. The second kappa shape index (κ2) is 8.78. The molecular weight excluding hydrogens is 354 g/mol. The SMILES string of the molecule is CCOC(=O)c1ccccc1NC(=O)N1CCN(c2cc(C)ccc2C)CC1. The molecule has 1 heterocycles. The van der Waals surface area contributed by atoms with E-state index in [1.54, 1.807) is 36.1 Å². The number of rotatable bonds is 4. The first-order valence-electron chi connectivity index (χ1n) is 9.64. The highest BCUT2D eigenvalue weighted by molar-refractivity contribution is 6.00. The number of ether oxygens (including phenoxy) is 1. The summed E-state index contributed by atoms with van der Waals surface area (Å²) < 4.78 is 5.07. The molecule has 1 fully saturated rings. The van der Waals surface area contributed by atoms with Crippen molar-refractivity contribution in [3.8, 4) is 0 Å². The zero-order valence-corrected chi connectivity index (χ0v) is 16.7. The minimum Gasteiger partial charge on any atom is -0.462 e. The van der Waals surface area contributed by atoms with Crippen molar-refractivity contribution in [3.05, 3.63) is 59.2 Å². The summed E-state index contributed by atoms with van der Waals surface area (Å²) in [6.45, 7) is 9.06. The van der Waals surface area contributed by atoms with E-state index in [1.807, 2.05) is 0 Å². The Morgan fingerprint density at radius 3 is 2.46 bits per heavy atom. The topological polar surface area (TPSA) is 61.9 Å². The van der Waals surface area contributed by atoms with Gasteiger partial charge >= 0.3 is 12.0 Å². The zero-order valence-electron chi connectivity index (χ0n) is 16.7. The molecule has 1 saturated heterocycles. The fourth-order valence-corrected chi connectivity index (χ4v) is 3.38. The summed E-state index contributed by atoms with van der Waals surface area (Å²) in [7, 11) is 0. The fraction of sp³-hybridized carbons (Fsp3) is 0.364. The van der Waals surface area contributed by atoms with Gasteiger partial charge in [0, 0.05) is 31.9 Å². The van der Waals surface area contributed by atoms with Gasteiger partial charge in [-0.15, -0.1) is 0 Å². The Labute approximate surface area is 166 Å². The predicted molar refractivity (Wildman–Crippen MR) is 111 cm³/mol. The molecule has 3 rings (SSSR count). The van der Waals surface area contributed by atoms with Crippen LogP contribution >= 0.6 is 0 Å². The Morgan fingerprint density at radius 1 is 1.04 bits per heavy atom. The summed E-state index contributed by atoms with van der Waals surface area (Å²) in [6, 6.07) is 13.2. The van der Waals surface area contributed by atoms with Gasteiger partial charge < -0.3 is 19.9 Å². The van der Waals surface area contributed by atoms with Crippen molar-refractivity contribution < 1.29 is 14.3 Å². The van der Waals surface area contributed by atoms with Crippen molar-refractivity contribution in [1.29, 1.82) is 0 Å². The lowest BCUT2D eigenvalue weighted by Crippen LogP contribution is -2.50. The van der Waals surface area contributed by atoms with Crippen LogP contribution in [0.1, 0.15) is 28.4 Å². The van der Waals surface area contributed by atoms with Gasteiger partial charge in [-0.05, 0) is 50.1 Å². The van der Waals surface area contributed by atoms with Crippen molar-refractivity contribution in [3.63, 3.8) is 0 Å². The Kier molecular flexibility index (Phi) is 6.19. The second-order valence-electron chi connectivity index (χ2n) is 6.96. The van der Waals surface area contributed by atoms with E-state index in [0.29, 0.717) is 30.9 Å². The molecule has 0 bridgehead atoms. The van der Waals surface area contributed by atoms with E-state index in [2.05, 4.69) is 42.3 Å². The van der Waals surface area contributed by atoms with E-state index in [1.165, 1.54) is 16.8 Å². The first-order valence-corrected chi connectivity index (χ1v) is 9.64. The standard InChI is InChI=1S/C22H27N3O3/c1-4-28-21(26)18-7-5-6-8-19(18)23-22(27)25-13-11-24(12-14-25)20-15-16(2)9-10-17(20)3/h5-10,15H,4,11-14H2,1-3H3,(H,23,27). The monoisotopic (exact) mass is 381 g/mol. The maximum atomic E-state index is 12.7. The molecule has 28 heavy (non-hydrogen) atoms. The third kappa shape index (κ3) is 4.44. The van der Waals surface area contributed by atoms with E-state index in [9.17, 15) is 9.59 Å². The van der Waals surface area contributed by atoms with Crippen LogP contribution in [-0.4, -0.2) is 49.7 Å². The molecule has 0 saturated carbocycles. The smallest absolute Gasteiger partial charge is 0.340 e. The van der Waals surface area contributed by atoms with Crippen LogP contribution in [0.3, 0.4) is 0 Å². The number of piperazine rings is 1. The summed E-state index contributed by atoms with van der Waals surface area (Å²) >= 11 is 0. The molecule has 0 radical (unpaired) electrons. The van der Waals surface area contributed by atoms with Gasteiger partial charge in [0.2, 0.25) is 0 Å². The number of benzene rings is 2. The molecule has 1 N–H and O–H groups in total. The highest BCUT2D eigenvalue weighted by atomic mass is 16.5. The number of carbonyl (C=O) groups excluding carboxylic acids is 2. The van der Waals surface area contributed by atoms with Crippen LogP contribution in [0.2, 0.25) is 0 Å².